The van der Waals surface area contributed by atoms with Crippen LogP contribution < -0.4 is 4.74 Å². The topological polar surface area (TPSA) is 35.0 Å². The van der Waals surface area contributed by atoms with Gasteiger partial charge >= 0.3 is 0 Å². The van der Waals surface area contributed by atoms with Crippen LogP contribution in [0.1, 0.15) is 5.69 Å². The second-order valence-corrected chi connectivity index (χ2v) is 2.66. The number of alkyl halides is 1. The Hall–Kier alpha value is -0.900. The van der Waals surface area contributed by atoms with Crippen molar-refractivity contribution in [3.63, 3.8) is 0 Å². The van der Waals surface area contributed by atoms with Crippen molar-refractivity contribution in [2.24, 2.45) is 0 Å². The summed E-state index contributed by atoms with van der Waals surface area (Å²) in [5, 5.41) is 0.798. The smallest absolute Gasteiger partial charge is 0.239 e. The Morgan fingerprint density at radius 3 is 2.92 bits per heavy atom. The van der Waals surface area contributed by atoms with E-state index >= 15 is 0 Å². The molecule has 0 saturated carbocycles. The van der Waals surface area contributed by atoms with Gasteiger partial charge in [-0.1, -0.05) is 22.0 Å². The van der Waals surface area contributed by atoms with Gasteiger partial charge in [-0.05, 0) is 6.08 Å². The maximum absolute atomic E-state index is 5.00. The molecule has 0 aliphatic rings. The molecule has 0 unspecified atom stereocenters. The first-order valence-electron chi connectivity index (χ1n) is 3.46. The molecule has 0 aliphatic heterocycles. The SMILES string of the molecule is COc1nccnc1/C=C/CBr. The molecule has 64 valence electrons. The Morgan fingerprint density at radius 2 is 2.25 bits per heavy atom. The number of hydrogen-bond donors (Lipinski definition) is 0. The largest absolute Gasteiger partial charge is 0.479 e. The van der Waals surface area contributed by atoms with Gasteiger partial charge in [0.15, 0.2) is 0 Å². The van der Waals surface area contributed by atoms with E-state index in [-0.39, 0.29) is 0 Å². The molecule has 0 aliphatic carbocycles. The van der Waals surface area contributed by atoms with Gasteiger partial charge in [0.05, 0.1) is 7.11 Å². The molecule has 0 spiro atoms. The lowest BCUT2D eigenvalue weighted by Gasteiger charge is -1.99. The Morgan fingerprint density at radius 1 is 1.50 bits per heavy atom. The summed E-state index contributed by atoms with van der Waals surface area (Å²) in [6.45, 7) is 0. The zero-order valence-electron chi connectivity index (χ0n) is 6.70. The van der Waals surface area contributed by atoms with Gasteiger partial charge in [0.1, 0.15) is 5.69 Å². The highest BCUT2D eigenvalue weighted by Crippen LogP contribution is 2.11. The minimum atomic E-state index is 0.551. The number of hydrogen-bond acceptors (Lipinski definition) is 3. The molecule has 1 aromatic heterocycles. The van der Waals surface area contributed by atoms with E-state index < -0.39 is 0 Å². The third kappa shape index (κ3) is 2.30. The lowest BCUT2D eigenvalue weighted by atomic mass is 10.4. The highest BCUT2D eigenvalue weighted by molar-refractivity contribution is 9.09. The standard InChI is InChI=1S/C8H9BrN2O/c1-12-8-7(3-2-4-9)10-5-6-11-8/h2-3,5-6H,4H2,1H3/b3-2+. The number of allylic oxidation sites excluding steroid dienone is 1. The number of aromatic nitrogens is 2. The van der Waals surface area contributed by atoms with Crippen molar-refractivity contribution in [3.05, 3.63) is 24.2 Å². The molecule has 0 N–H and O–H groups in total. The summed E-state index contributed by atoms with van der Waals surface area (Å²) in [6, 6.07) is 0. The number of methoxy groups -OCH3 is 1. The summed E-state index contributed by atoms with van der Waals surface area (Å²) < 4.78 is 5.00. The fourth-order valence-electron chi connectivity index (χ4n) is 0.764. The van der Waals surface area contributed by atoms with Gasteiger partial charge in [-0.3, -0.25) is 0 Å². The van der Waals surface area contributed by atoms with Crippen molar-refractivity contribution in [3.8, 4) is 5.88 Å². The number of nitrogens with zero attached hydrogens (tertiary/aromatic N) is 2. The van der Waals surface area contributed by atoms with Crippen molar-refractivity contribution in [1.82, 2.24) is 9.97 Å². The first-order chi connectivity index (χ1) is 5.88. The summed E-state index contributed by atoms with van der Waals surface area (Å²) in [7, 11) is 1.58. The molecule has 1 rings (SSSR count). The highest BCUT2D eigenvalue weighted by atomic mass is 79.9. The summed E-state index contributed by atoms with van der Waals surface area (Å²) in [4.78, 5) is 8.09. The van der Waals surface area contributed by atoms with Gasteiger partial charge in [0.2, 0.25) is 5.88 Å². The molecular weight excluding hydrogens is 220 g/mol. The Bertz CT molecular complexity index is 276. The van der Waals surface area contributed by atoms with Crippen molar-refractivity contribution in [2.45, 2.75) is 0 Å². The van der Waals surface area contributed by atoms with Crippen LogP contribution in [0, 0.1) is 0 Å². The molecule has 0 fully saturated rings. The predicted octanol–water partition coefficient (Wildman–Crippen LogP) is 1.89. The van der Waals surface area contributed by atoms with Gasteiger partial charge in [0.25, 0.3) is 0 Å². The van der Waals surface area contributed by atoms with Crippen molar-refractivity contribution >= 4 is 22.0 Å². The lowest BCUT2D eigenvalue weighted by Crippen LogP contribution is -1.92. The molecule has 0 amide bonds. The monoisotopic (exact) mass is 228 g/mol. The average molecular weight is 229 g/mol. The molecule has 0 radical (unpaired) electrons. The van der Waals surface area contributed by atoms with Gasteiger partial charge in [-0.2, -0.15) is 0 Å². The van der Waals surface area contributed by atoms with Crippen LogP contribution in [-0.2, 0) is 0 Å². The summed E-state index contributed by atoms with van der Waals surface area (Å²) >= 11 is 3.28. The predicted molar refractivity (Wildman–Crippen MR) is 51.4 cm³/mol. The van der Waals surface area contributed by atoms with Crippen LogP contribution in [0.2, 0.25) is 0 Å². The Balaban J connectivity index is 2.89. The quantitative estimate of drug-likeness (QED) is 0.742. The van der Waals surface area contributed by atoms with Gasteiger partial charge in [-0.15, -0.1) is 0 Å². The van der Waals surface area contributed by atoms with Crippen LogP contribution in [0.25, 0.3) is 6.08 Å². The second kappa shape index (κ2) is 4.87. The highest BCUT2D eigenvalue weighted by Gasteiger charge is 1.98. The van der Waals surface area contributed by atoms with Gasteiger partial charge < -0.3 is 4.74 Å². The minimum Gasteiger partial charge on any atom is -0.479 e. The third-order valence-corrected chi connectivity index (χ3v) is 1.62. The Labute approximate surface area is 79.6 Å². The molecule has 3 nitrogen and oxygen atoms in total. The Kier molecular flexibility index (Phi) is 3.73. The van der Waals surface area contributed by atoms with E-state index in [9.17, 15) is 0 Å². The molecule has 0 atom stereocenters. The van der Waals surface area contributed by atoms with E-state index in [4.69, 9.17) is 4.74 Å². The molecule has 0 bridgehead atoms. The summed E-state index contributed by atoms with van der Waals surface area (Å²) in [5.74, 6) is 0.551. The number of halogens is 1. The zero-order chi connectivity index (χ0) is 8.81. The number of rotatable bonds is 3. The maximum Gasteiger partial charge on any atom is 0.239 e. The zero-order valence-corrected chi connectivity index (χ0v) is 8.28. The van der Waals surface area contributed by atoms with Crippen LogP contribution in [0.3, 0.4) is 0 Å². The van der Waals surface area contributed by atoms with Crippen LogP contribution in [0.15, 0.2) is 18.5 Å². The van der Waals surface area contributed by atoms with Crippen LogP contribution in [0.4, 0.5) is 0 Å². The number of ether oxygens (including phenoxy) is 1. The summed E-state index contributed by atoms with van der Waals surface area (Å²) in [5.41, 5.74) is 0.749. The van der Waals surface area contributed by atoms with Crippen LogP contribution >= 0.6 is 15.9 Å². The third-order valence-electron chi connectivity index (χ3n) is 1.25. The lowest BCUT2D eigenvalue weighted by molar-refractivity contribution is 0.394. The minimum absolute atomic E-state index is 0.551. The fraction of sp³-hybridized carbons (Fsp3) is 0.250. The van der Waals surface area contributed by atoms with Crippen molar-refractivity contribution in [1.29, 1.82) is 0 Å². The van der Waals surface area contributed by atoms with Crippen molar-refractivity contribution < 1.29 is 4.74 Å². The normalized spacial score (nSPS) is 10.5. The van der Waals surface area contributed by atoms with Crippen LogP contribution in [-0.4, -0.2) is 22.4 Å². The van der Waals surface area contributed by atoms with Crippen LogP contribution in [0.5, 0.6) is 5.88 Å². The first-order valence-corrected chi connectivity index (χ1v) is 4.58. The fourth-order valence-corrected chi connectivity index (χ4v) is 0.951. The second-order valence-electron chi connectivity index (χ2n) is 2.01. The van der Waals surface area contributed by atoms with E-state index in [1.807, 2.05) is 12.2 Å². The van der Waals surface area contributed by atoms with Gasteiger partial charge in [0, 0.05) is 17.7 Å². The van der Waals surface area contributed by atoms with Crippen molar-refractivity contribution in [2.75, 3.05) is 12.4 Å². The maximum atomic E-state index is 5.00. The molecule has 0 aromatic carbocycles. The summed E-state index contributed by atoms with van der Waals surface area (Å²) in [6.07, 6.45) is 7.04. The average Bonchev–Trinajstić information content (AvgIpc) is 2.15. The van der Waals surface area contributed by atoms with E-state index in [0.29, 0.717) is 5.88 Å². The molecule has 1 heterocycles. The first kappa shape index (κ1) is 9.19. The molecule has 1 aromatic rings. The van der Waals surface area contributed by atoms with E-state index in [1.54, 1.807) is 19.5 Å². The van der Waals surface area contributed by atoms with E-state index in [1.165, 1.54) is 0 Å². The molecule has 4 heteroatoms. The molecular formula is C8H9BrN2O. The van der Waals surface area contributed by atoms with E-state index in [0.717, 1.165) is 11.0 Å². The van der Waals surface area contributed by atoms with Gasteiger partial charge in [-0.25, -0.2) is 9.97 Å². The van der Waals surface area contributed by atoms with E-state index in [2.05, 4.69) is 25.9 Å². The molecule has 12 heavy (non-hydrogen) atoms. The molecule has 0 saturated heterocycles.